The van der Waals surface area contributed by atoms with Crippen LogP contribution in [0, 0.1) is 11.3 Å². The first-order valence-electron chi connectivity index (χ1n) is 10.1. The highest BCUT2D eigenvalue weighted by atomic mass is 16.5. The molecule has 150 valence electrons. The Morgan fingerprint density at radius 1 is 1.33 bits per heavy atom. The number of aliphatic hydroxyl groups excluding tert-OH is 1. The van der Waals surface area contributed by atoms with Gasteiger partial charge in [-0.2, -0.15) is 0 Å². The number of rotatable bonds is 7. The van der Waals surface area contributed by atoms with Gasteiger partial charge >= 0.3 is 0 Å². The molecule has 0 saturated carbocycles. The van der Waals surface area contributed by atoms with Crippen LogP contribution in [-0.2, 0) is 16.1 Å². The number of ether oxygens (including phenoxy) is 1. The molecule has 3 rings (SSSR count). The van der Waals surface area contributed by atoms with Gasteiger partial charge in [-0.25, -0.2) is 0 Å². The topological polar surface area (TPSA) is 73.8 Å². The summed E-state index contributed by atoms with van der Waals surface area (Å²) in [5, 5.41) is 15.7. The number of amides is 1. The molecule has 6 nitrogen and oxygen atoms in total. The molecule has 0 aliphatic carbocycles. The molecule has 0 bridgehead atoms. The van der Waals surface area contributed by atoms with Crippen LogP contribution in [0.5, 0.6) is 0 Å². The molecular weight excluding hydrogens is 342 g/mol. The normalized spacial score (nSPS) is 21.1. The van der Waals surface area contributed by atoms with E-state index in [9.17, 15) is 9.90 Å². The molecule has 2 heterocycles. The van der Waals surface area contributed by atoms with Crippen molar-refractivity contribution in [2.24, 2.45) is 11.3 Å². The highest BCUT2D eigenvalue weighted by Gasteiger charge is 2.39. The van der Waals surface area contributed by atoms with Crippen molar-refractivity contribution in [3.8, 4) is 0 Å². The number of carbonyl (C=O) groups excluding carboxylic acids is 1. The van der Waals surface area contributed by atoms with E-state index in [2.05, 4.69) is 27.7 Å². The summed E-state index contributed by atoms with van der Waals surface area (Å²) in [5.41, 5.74) is 1.63. The van der Waals surface area contributed by atoms with Crippen LogP contribution in [0.2, 0.25) is 0 Å². The number of carbonyl (C=O) groups is 1. The van der Waals surface area contributed by atoms with Crippen LogP contribution in [0.4, 0.5) is 5.69 Å². The quantitative estimate of drug-likeness (QED) is 0.678. The molecule has 2 fully saturated rings. The van der Waals surface area contributed by atoms with Crippen LogP contribution in [0.25, 0.3) is 0 Å². The number of likely N-dealkylation sites (tertiary alicyclic amines) is 1. The van der Waals surface area contributed by atoms with E-state index in [1.807, 2.05) is 12.1 Å². The molecule has 2 aliphatic rings. The number of hydrogen-bond acceptors (Lipinski definition) is 5. The number of benzene rings is 1. The van der Waals surface area contributed by atoms with E-state index in [1.165, 1.54) is 5.56 Å². The highest BCUT2D eigenvalue weighted by molar-refractivity contribution is 5.95. The summed E-state index contributed by atoms with van der Waals surface area (Å²) >= 11 is 0. The van der Waals surface area contributed by atoms with E-state index < -0.39 is 5.41 Å². The molecule has 1 aromatic carbocycles. The van der Waals surface area contributed by atoms with Crippen molar-refractivity contribution in [2.75, 3.05) is 51.8 Å². The van der Waals surface area contributed by atoms with Crippen LogP contribution in [-0.4, -0.2) is 62.4 Å². The summed E-state index contributed by atoms with van der Waals surface area (Å²) < 4.78 is 5.37. The Labute approximate surface area is 162 Å². The third-order valence-electron chi connectivity index (χ3n) is 6.02. The molecule has 1 amide bonds. The predicted molar refractivity (Wildman–Crippen MR) is 107 cm³/mol. The first-order valence-corrected chi connectivity index (χ1v) is 10.1. The van der Waals surface area contributed by atoms with Crippen molar-refractivity contribution >= 4 is 11.6 Å². The Morgan fingerprint density at radius 2 is 2.07 bits per heavy atom. The van der Waals surface area contributed by atoms with Crippen LogP contribution < -0.4 is 10.6 Å². The van der Waals surface area contributed by atoms with Gasteiger partial charge in [0, 0.05) is 25.9 Å². The molecule has 0 atom stereocenters. The summed E-state index contributed by atoms with van der Waals surface area (Å²) in [5.74, 6) is 0.514. The molecular formula is C21H33N3O3. The molecule has 6 heteroatoms. The van der Waals surface area contributed by atoms with E-state index in [-0.39, 0.29) is 5.91 Å². The molecule has 2 aliphatic heterocycles. The van der Waals surface area contributed by atoms with E-state index >= 15 is 0 Å². The van der Waals surface area contributed by atoms with Gasteiger partial charge in [-0.05, 0) is 75.5 Å². The summed E-state index contributed by atoms with van der Waals surface area (Å²) in [6, 6.07) is 8.17. The van der Waals surface area contributed by atoms with Crippen molar-refractivity contribution in [1.29, 1.82) is 0 Å². The van der Waals surface area contributed by atoms with E-state index in [4.69, 9.17) is 4.74 Å². The first-order chi connectivity index (χ1) is 13.1. The van der Waals surface area contributed by atoms with Gasteiger partial charge in [-0.15, -0.1) is 0 Å². The standard InChI is InChI=1S/C21H33N3O3/c1-27-16-21(7-9-22-10-8-21)20(26)23-19-4-2-3-18(13-19)14-24-11-5-17(15-25)6-12-24/h2-4,13,17,22,25H,5-12,14-16H2,1H3,(H,23,26). The Kier molecular flexibility index (Phi) is 7.24. The van der Waals surface area contributed by atoms with Gasteiger partial charge in [0.05, 0.1) is 12.0 Å². The predicted octanol–water partition coefficient (Wildman–Crippen LogP) is 1.85. The number of nitrogens with zero attached hydrogens (tertiary/aromatic N) is 1. The molecule has 27 heavy (non-hydrogen) atoms. The number of hydrogen-bond donors (Lipinski definition) is 3. The Hall–Kier alpha value is -1.47. The van der Waals surface area contributed by atoms with Crippen molar-refractivity contribution in [3.63, 3.8) is 0 Å². The maximum absolute atomic E-state index is 13.0. The molecule has 3 N–H and O–H groups in total. The largest absolute Gasteiger partial charge is 0.396 e. The number of anilines is 1. The van der Waals surface area contributed by atoms with E-state index in [0.717, 1.165) is 64.1 Å². The van der Waals surface area contributed by atoms with Crippen molar-refractivity contribution in [2.45, 2.75) is 32.2 Å². The smallest absolute Gasteiger partial charge is 0.233 e. The lowest BCUT2D eigenvalue weighted by Crippen LogP contribution is -2.47. The first kappa shape index (κ1) is 20.3. The third kappa shape index (κ3) is 5.29. The monoisotopic (exact) mass is 375 g/mol. The second-order valence-electron chi connectivity index (χ2n) is 8.02. The lowest BCUT2D eigenvalue weighted by molar-refractivity contribution is -0.130. The van der Waals surface area contributed by atoms with Crippen LogP contribution >= 0.6 is 0 Å². The third-order valence-corrected chi connectivity index (χ3v) is 6.02. The van der Waals surface area contributed by atoms with Gasteiger partial charge in [0.25, 0.3) is 0 Å². The minimum atomic E-state index is -0.442. The lowest BCUT2D eigenvalue weighted by Gasteiger charge is -2.35. The van der Waals surface area contributed by atoms with Crippen molar-refractivity contribution in [1.82, 2.24) is 10.2 Å². The molecule has 0 aromatic heterocycles. The molecule has 0 spiro atoms. The number of piperidine rings is 2. The average Bonchev–Trinajstić information content (AvgIpc) is 2.70. The minimum absolute atomic E-state index is 0.0618. The summed E-state index contributed by atoms with van der Waals surface area (Å²) in [6.07, 6.45) is 3.71. The van der Waals surface area contributed by atoms with Gasteiger partial charge in [0.15, 0.2) is 0 Å². The Morgan fingerprint density at radius 3 is 2.74 bits per heavy atom. The lowest BCUT2D eigenvalue weighted by atomic mass is 9.78. The van der Waals surface area contributed by atoms with Gasteiger partial charge in [0.1, 0.15) is 0 Å². The maximum atomic E-state index is 13.0. The summed E-state index contributed by atoms with van der Waals surface area (Å²) in [7, 11) is 1.66. The van der Waals surface area contributed by atoms with Gasteiger partial charge in [-0.3, -0.25) is 9.69 Å². The fraction of sp³-hybridized carbons (Fsp3) is 0.667. The van der Waals surface area contributed by atoms with Gasteiger partial charge in [-0.1, -0.05) is 12.1 Å². The van der Waals surface area contributed by atoms with Crippen LogP contribution in [0.15, 0.2) is 24.3 Å². The minimum Gasteiger partial charge on any atom is -0.396 e. The zero-order valence-corrected chi connectivity index (χ0v) is 16.4. The molecule has 1 aromatic rings. The molecule has 2 saturated heterocycles. The summed E-state index contributed by atoms with van der Waals surface area (Å²) in [6.45, 7) is 5.38. The molecule has 0 radical (unpaired) electrons. The maximum Gasteiger partial charge on any atom is 0.233 e. The van der Waals surface area contributed by atoms with Gasteiger partial charge in [0.2, 0.25) is 5.91 Å². The van der Waals surface area contributed by atoms with E-state index in [1.54, 1.807) is 7.11 Å². The second-order valence-corrected chi connectivity index (χ2v) is 8.02. The Bertz CT molecular complexity index is 603. The fourth-order valence-electron chi connectivity index (χ4n) is 4.22. The molecule has 0 unspecified atom stereocenters. The average molecular weight is 376 g/mol. The second kappa shape index (κ2) is 9.64. The fourth-order valence-corrected chi connectivity index (χ4v) is 4.22. The Balaban J connectivity index is 1.60. The van der Waals surface area contributed by atoms with Crippen LogP contribution in [0.3, 0.4) is 0 Å². The number of methoxy groups -OCH3 is 1. The van der Waals surface area contributed by atoms with Crippen molar-refractivity contribution < 1.29 is 14.6 Å². The van der Waals surface area contributed by atoms with Crippen LogP contribution in [0.1, 0.15) is 31.2 Å². The van der Waals surface area contributed by atoms with E-state index in [0.29, 0.717) is 19.1 Å². The number of nitrogens with one attached hydrogen (secondary N) is 2. The highest BCUT2D eigenvalue weighted by Crippen LogP contribution is 2.31. The number of aliphatic hydroxyl groups is 1. The van der Waals surface area contributed by atoms with Gasteiger partial charge < -0.3 is 20.5 Å². The van der Waals surface area contributed by atoms with Crippen molar-refractivity contribution in [3.05, 3.63) is 29.8 Å². The zero-order chi connectivity index (χ0) is 19.1. The zero-order valence-electron chi connectivity index (χ0n) is 16.4. The SMILES string of the molecule is COCC1(C(=O)Nc2cccc(CN3CCC(CO)CC3)c2)CCNCC1. The summed E-state index contributed by atoms with van der Waals surface area (Å²) in [4.78, 5) is 15.4.